The molecule has 0 amide bonds. The standard InChI is InChI=1S/C21H24ClN3O/c1-12-9-14(21(2,3)4)15(22)10-13(12)17-11-18(26)19-16(24-17)7-8-23-20(19)25(5)6/h7-11H,1-6H3,(H,24,26). The number of pyridine rings is 2. The molecular weight excluding hydrogens is 346 g/mol. The maximum absolute atomic E-state index is 12.8. The molecule has 26 heavy (non-hydrogen) atoms. The van der Waals surface area contributed by atoms with Crippen LogP contribution in [-0.4, -0.2) is 24.1 Å². The molecular formula is C21H24ClN3O. The van der Waals surface area contributed by atoms with Crippen LogP contribution >= 0.6 is 11.6 Å². The molecule has 1 aromatic carbocycles. The Bertz CT molecular complexity index is 1050. The molecule has 0 aliphatic carbocycles. The van der Waals surface area contributed by atoms with E-state index in [-0.39, 0.29) is 10.8 Å². The summed E-state index contributed by atoms with van der Waals surface area (Å²) in [5.41, 5.74) is 4.55. The second kappa shape index (κ2) is 6.44. The Morgan fingerprint density at radius 3 is 2.46 bits per heavy atom. The highest BCUT2D eigenvalue weighted by Gasteiger charge is 2.20. The molecule has 4 nitrogen and oxygen atoms in total. The summed E-state index contributed by atoms with van der Waals surface area (Å²) in [7, 11) is 3.76. The highest BCUT2D eigenvalue weighted by molar-refractivity contribution is 6.31. The second-order valence-electron chi connectivity index (χ2n) is 7.90. The summed E-state index contributed by atoms with van der Waals surface area (Å²) in [6, 6.07) is 7.51. The smallest absolute Gasteiger partial charge is 0.193 e. The van der Waals surface area contributed by atoms with Gasteiger partial charge in [-0.15, -0.1) is 0 Å². The zero-order chi connectivity index (χ0) is 19.2. The number of benzene rings is 1. The molecule has 0 saturated carbocycles. The number of H-pyrrole nitrogens is 1. The van der Waals surface area contributed by atoms with E-state index in [2.05, 4.69) is 36.8 Å². The Hall–Kier alpha value is -2.33. The summed E-state index contributed by atoms with van der Waals surface area (Å²) in [6.07, 6.45) is 1.71. The van der Waals surface area contributed by atoms with Crippen molar-refractivity contribution < 1.29 is 0 Å². The first kappa shape index (κ1) is 18.5. The van der Waals surface area contributed by atoms with Crippen LogP contribution in [0.5, 0.6) is 0 Å². The summed E-state index contributed by atoms with van der Waals surface area (Å²) in [6.45, 7) is 8.46. The van der Waals surface area contributed by atoms with Crippen LogP contribution in [0.3, 0.4) is 0 Å². The van der Waals surface area contributed by atoms with Crippen molar-refractivity contribution in [1.82, 2.24) is 9.97 Å². The van der Waals surface area contributed by atoms with Crippen LogP contribution in [0, 0.1) is 6.92 Å². The van der Waals surface area contributed by atoms with Crippen molar-refractivity contribution in [2.24, 2.45) is 0 Å². The van der Waals surface area contributed by atoms with Crippen molar-refractivity contribution in [1.29, 1.82) is 0 Å². The van der Waals surface area contributed by atoms with E-state index in [9.17, 15) is 4.79 Å². The van der Waals surface area contributed by atoms with E-state index in [0.717, 1.165) is 27.9 Å². The fourth-order valence-corrected chi connectivity index (χ4v) is 3.66. The Kier molecular flexibility index (Phi) is 4.57. The molecule has 0 atom stereocenters. The minimum atomic E-state index is -0.0547. The van der Waals surface area contributed by atoms with E-state index in [1.165, 1.54) is 0 Å². The molecule has 3 rings (SSSR count). The van der Waals surface area contributed by atoms with Gasteiger partial charge in [-0.2, -0.15) is 0 Å². The number of aryl methyl sites for hydroxylation is 1. The van der Waals surface area contributed by atoms with Crippen LogP contribution in [-0.2, 0) is 5.41 Å². The maximum atomic E-state index is 12.8. The van der Waals surface area contributed by atoms with E-state index in [1.54, 1.807) is 12.3 Å². The van der Waals surface area contributed by atoms with Crippen LogP contribution in [0.1, 0.15) is 31.9 Å². The number of anilines is 1. The number of hydrogen-bond donors (Lipinski definition) is 1. The van der Waals surface area contributed by atoms with Crippen LogP contribution < -0.4 is 10.3 Å². The third-order valence-electron chi connectivity index (χ3n) is 4.56. The largest absolute Gasteiger partial charge is 0.362 e. The van der Waals surface area contributed by atoms with Gasteiger partial charge in [0, 0.05) is 36.9 Å². The van der Waals surface area contributed by atoms with E-state index < -0.39 is 0 Å². The van der Waals surface area contributed by atoms with Gasteiger partial charge in [0.2, 0.25) is 0 Å². The first-order valence-corrected chi connectivity index (χ1v) is 8.97. The molecule has 3 aromatic rings. The number of fused-ring (bicyclic) bond motifs is 1. The first-order valence-electron chi connectivity index (χ1n) is 8.60. The van der Waals surface area contributed by atoms with E-state index in [4.69, 9.17) is 11.6 Å². The molecule has 2 aromatic heterocycles. The molecule has 0 aliphatic rings. The molecule has 1 N–H and O–H groups in total. The molecule has 136 valence electrons. The normalized spacial score (nSPS) is 11.8. The number of nitrogens with one attached hydrogen (secondary N) is 1. The van der Waals surface area contributed by atoms with Crippen molar-refractivity contribution in [2.75, 3.05) is 19.0 Å². The number of nitrogens with zero attached hydrogens (tertiary/aromatic N) is 2. The third kappa shape index (κ3) is 3.21. The lowest BCUT2D eigenvalue weighted by Crippen LogP contribution is -2.15. The monoisotopic (exact) mass is 369 g/mol. The lowest BCUT2D eigenvalue weighted by atomic mass is 9.85. The van der Waals surface area contributed by atoms with Gasteiger partial charge in [-0.1, -0.05) is 38.4 Å². The molecule has 0 bridgehead atoms. The van der Waals surface area contributed by atoms with Gasteiger partial charge in [0.05, 0.1) is 16.6 Å². The summed E-state index contributed by atoms with van der Waals surface area (Å²) >= 11 is 6.55. The Labute approximate surface area is 158 Å². The van der Waals surface area contributed by atoms with Crippen LogP contribution in [0.2, 0.25) is 5.02 Å². The Morgan fingerprint density at radius 2 is 1.85 bits per heavy atom. The second-order valence-corrected chi connectivity index (χ2v) is 8.30. The zero-order valence-corrected chi connectivity index (χ0v) is 16.8. The topological polar surface area (TPSA) is 49.0 Å². The number of hydrogen-bond acceptors (Lipinski definition) is 3. The predicted octanol–water partition coefficient (Wildman–Crippen LogP) is 4.92. The zero-order valence-electron chi connectivity index (χ0n) is 16.1. The van der Waals surface area contributed by atoms with Gasteiger partial charge in [-0.05, 0) is 35.6 Å². The van der Waals surface area contributed by atoms with E-state index >= 15 is 0 Å². The summed E-state index contributed by atoms with van der Waals surface area (Å²) < 4.78 is 0. The lowest BCUT2D eigenvalue weighted by Gasteiger charge is -2.22. The number of rotatable bonds is 2. The minimum absolute atomic E-state index is 0.0382. The molecule has 5 heteroatoms. The van der Waals surface area contributed by atoms with Gasteiger partial charge in [-0.3, -0.25) is 4.79 Å². The SMILES string of the molecule is Cc1cc(C(C)(C)C)c(Cl)cc1-c1cc(=O)c2c(N(C)C)nccc2[nH]1. The average molecular weight is 370 g/mol. The van der Waals surface area contributed by atoms with Crippen LogP contribution in [0.15, 0.2) is 35.3 Å². The average Bonchev–Trinajstić information content (AvgIpc) is 2.54. The highest BCUT2D eigenvalue weighted by atomic mass is 35.5. The molecule has 0 fully saturated rings. The summed E-state index contributed by atoms with van der Waals surface area (Å²) in [5, 5.41) is 1.30. The van der Waals surface area contributed by atoms with Crippen molar-refractivity contribution in [3.63, 3.8) is 0 Å². The molecule has 0 radical (unpaired) electrons. The fraction of sp³-hybridized carbons (Fsp3) is 0.333. The summed E-state index contributed by atoms with van der Waals surface area (Å²) in [4.78, 5) is 22.4. The highest BCUT2D eigenvalue weighted by Crippen LogP contribution is 2.35. The number of aromatic nitrogens is 2. The fourth-order valence-electron chi connectivity index (χ4n) is 3.21. The number of aromatic amines is 1. The van der Waals surface area contributed by atoms with Gasteiger partial charge >= 0.3 is 0 Å². The van der Waals surface area contributed by atoms with E-state index in [1.807, 2.05) is 38.1 Å². The lowest BCUT2D eigenvalue weighted by molar-refractivity contribution is 0.590. The maximum Gasteiger partial charge on any atom is 0.193 e. The minimum Gasteiger partial charge on any atom is -0.362 e. The van der Waals surface area contributed by atoms with E-state index in [0.29, 0.717) is 16.2 Å². The molecule has 0 saturated heterocycles. The molecule has 0 spiro atoms. The van der Waals surface area contributed by atoms with Crippen LogP contribution in [0.25, 0.3) is 22.2 Å². The number of halogens is 1. The van der Waals surface area contributed by atoms with Gasteiger partial charge < -0.3 is 9.88 Å². The van der Waals surface area contributed by atoms with Crippen molar-refractivity contribution in [3.05, 3.63) is 56.8 Å². The van der Waals surface area contributed by atoms with Crippen molar-refractivity contribution >= 4 is 28.3 Å². The Morgan fingerprint density at radius 1 is 1.15 bits per heavy atom. The van der Waals surface area contributed by atoms with Crippen molar-refractivity contribution in [3.8, 4) is 11.3 Å². The predicted molar refractivity (Wildman–Crippen MR) is 111 cm³/mol. The molecule has 2 heterocycles. The van der Waals surface area contributed by atoms with Gasteiger partial charge in [0.1, 0.15) is 5.82 Å². The van der Waals surface area contributed by atoms with Gasteiger partial charge in [0.25, 0.3) is 0 Å². The third-order valence-corrected chi connectivity index (χ3v) is 4.87. The van der Waals surface area contributed by atoms with Crippen molar-refractivity contribution in [2.45, 2.75) is 33.1 Å². The van der Waals surface area contributed by atoms with Gasteiger partial charge in [0.15, 0.2) is 5.43 Å². The molecule has 0 unspecified atom stereocenters. The first-order chi connectivity index (χ1) is 12.1. The Balaban J connectivity index is 2.25. The van der Waals surface area contributed by atoms with Gasteiger partial charge in [-0.25, -0.2) is 4.98 Å². The quantitative estimate of drug-likeness (QED) is 0.697. The summed E-state index contributed by atoms with van der Waals surface area (Å²) in [5.74, 6) is 0.660. The van der Waals surface area contributed by atoms with Crippen LogP contribution in [0.4, 0.5) is 5.82 Å². The molecule has 0 aliphatic heterocycles.